The van der Waals surface area contributed by atoms with E-state index in [9.17, 15) is 4.39 Å². The summed E-state index contributed by atoms with van der Waals surface area (Å²) in [5, 5.41) is 9.59. The van der Waals surface area contributed by atoms with Gasteiger partial charge in [-0.25, -0.2) is 9.37 Å². The lowest BCUT2D eigenvalue weighted by atomic mass is 10.2. The van der Waals surface area contributed by atoms with Crippen LogP contribution in [0.5, 0.6) is 0 Å². The zero-order valence-electron chi connectivity index (χ0n) is 13.4. The molecule has 24 heavy (non-hydrogen) atoms. The summed E-state index contributed by atoms with van der Waals surface area (Å²) in [5.74, 6) is 5.76. The number of benzene rings is 1. The summed E-state index contributed by atoms with van der Waals surface area (Å²) in [4.78, 5) is 9.14. The summed E-state index contributed by atoms with van der Waals surface area (Å²) in [6.07, 6.45) is 1.93. The monoisotopic (exact) mass is 323 g/mol. The number of H-pyrrole nitrogens is 1. The Morgan fingerprint density at radius 2 is 2.00 bits per heavy atom. The zero-order chi connectivity index (χ0) is 16.9. The van der Waals surface area contributed by atoms with Crippen molar-refractivity contribution in [3.05, 3.63) is 59.7 Å². The molecule has 4 nitrogen and oxygen atoms in total. The van der Waals surface area contributed by atoms with Gasteiger partial charge >= 0.3 is 0 Å². The summed E-state index contributed by atoms with van der Waals surface area (Å²) in [6, 6.07) is 11.1. The van der Waals surface area contributed by atoms with Gasteiger partial charge in [-0.2, -0.15) is 0 Å². The van der Waals surface area contributed by atoms with Gasteiger partial charge in [-0.1, -0.05) is 5.92 Å². The van der Waals surface area contributed by atoms with Gasteiger partial charge in [0.1, 0.15) is 11.5 Å². The van der Waals surface area contributed by atoms with Crippen molar-refractivity contribution in [2.45, 2.75) is 6.42 Å². The van der Waals surface area contributed by atoms with Gasteiger partial charge < -0.3 is 15.0 Å². The van der Waals surface area contributed by atoms with Gasteiger partial charge in [-0.15, -0.1) is 0 Å². The Bertz CT molecular complexity index is 890. The number of halogens is 1. The molecule has 0 aliphatic carbocycles. The van der Waals surface area contributed by atoms with Crippen LogP contribution >= 0.6 is 0 Å². The standard InChI is InChI=1S/C19H18FN3O/c1-23(9-2-10-24)18-7-4-14(5-8-18)3-6-17-12-15-11-16(20)13-21-19(15)22-17/h4-5,7-8,11-13,24H,2,9-10H2,1H3,(H,21,22). The number of aliphatic hydroxyl groups excluding tert-OH is 1. The van der Waals surface area contributed by atoms with Crippen LogP contribution in [0.4, 0.5) is 10.1 Å². The van der Waals surface area contributed by atoms with Crippen molar-refractivity contribution in [3.63, 3.8) is 0 Å². The highest BCUT2D eigenvalue weighted by Gasteiger charge is 2.02. The molecule has 0 bridgehead atoms. The molecule has 0 amide bonds. The molecule has 0 atom stereocenters. The smallest absolute Gasteiger partial charge is 0.142 e. The minimum absolute atomic E-state index is 0.192. The quantitative estimate of drug-likeness (QED) is 0.726. The van der Waals surface area contributed by atoms with E-state index in [0.717, 1.165) is 24.2 Å². The number of aromatic nitrogens is 2. The maximum absolute atomic E-state index is 13.1. The Morgan fingerprint density at radius 1 is 1.21 bits per heavy atom. The van der Waals surface area contributed by atoms with Crippen LogP contribution in [0.15, 0.2) is 42.6 Å². The number of nitrogens with zero attached hydrogens (tertiary/aromatic N) is 2. The Labute approximate surface area is 140 Å². The second-order valence-electron chi connectivity index (χ2n) is 5.57. The number of anilines is 1. The Morgan fingerprint density at radius 3 is 2.75 bits per heavy atom. The van der Waals surface area contributed by atoms with E-state index >= 15 is 0 Å². The number of aliphatic hydroxyl groups is 1. The molecule has 0 aliphatic rings. The number of pyridine rings is 1. The highest BCUT2D eigenvalue weighted by molar-refractivity contribution is 5.77. The Hall–Kier alpha value is -2.84. The van der Waals surface area contributed by atoms with Crippen molar-refractivity contribution >= 4 is 16.7 Å². The van der Waals surface area contributed by atoms with Crippen LogP contribution in [-0.4, -0.2) is 35.3 Å². The molecule has 3 aromatic rings. The lowest BCUT2D eigenvalue weighted by Gasteiger charge is -2.18. The minimum Gasteiger partial charge on any atom is -0.396 e. The van der Waals surface area contributed by atoms with Crippen LogP contribution < -0.4 is 4.90 Å². The van der Waals surface area contributed by atoms with Gasteiger partial charge in [-0.05, 0) is 48.7 Å². The fraction of sp³-hybridized carbons (Fsp3) is 0.211. The Kier molecular flexibility index (Phi) is 4.78. The van der Waals surface area contributed by atoms with Crippen LogP contribution in [0.25, 0.3) is 11.0 Å². The fourth-order valence-corrected chi connectivity index (χ4v) is 2.43. The first-order valence-electron chi connectivity index (χ1n) is 7.74. The molecule has 0 unspecified atom stereocenters. The number of fused-ring (bicyclic) bond motifs is 1. The lowest BCUT2D eigenvalue weighted by Crippen LogP contribution is -2.19. The molecule has 0 saturated heterocycles. The lowest BCUT2D eigenvalue weighted by molar-refractivity contribution is 0.290. The molecule has 0 spiro atoms. The number of hydrogen-bond acceptors (Lipinski definition) is 3. The summed E-state index contributed by atoms with van der Waals surface area (Å²) in [7, 11) is 1.99. The fourth-order valence-electron chi connectivity index (χ4n) is 2.43. The third-order valence-electron chi connectivity index (χ3n) is 3.74. The number of rotatable bonds is 4. The van der Waals surface area contributed by atoms with Crippen molar-refractivity contribution in [1.29, 1.82) is 0 Å². The molecular weight excluding hydrogens is 305 g/mol. The maximum atomic E-state index is 13.1. The molecule has 0 fully saturated rings. The number of hydrogen-bond donors (Lipinski definition) is 2. The average Bonchev–Trinajstić information content (AvgIpc) is 3.00. The van der Waals surface area contributed by atoms with E-state index in [1.807, 2.05) is 31.3 Å². The molecule has 0 radical (unpaired) electrons. The highest BCUT2D eigenvalue weighted by atomic mass is 19.1. The van der Waals surface area contributed by atoms with Gasteiger partial charge in [-0.3, -0.25) is 0 Å². The summed E-state index contributed by atoms with van der Waals surface area (Å²) in [5.41, 5.74) is 3.31. The molecule has 1 aromatic carbocycles. The van der Waals surface area contributed by atoms with E-state index in [2.05, 4.69) is 26.7 Å². The normalized spacial score (nSPS) is 10.5. The molecule has 5 heteroatoms. The zero-order valence-corrected chi connectivity index (χ0v) is 13.4. The van der Waals surface area contributed by atoms with Gasteiger partial charge in [0, 0.05) is 36.8 Å². The summed E-state index contributed by atoms with van der Waals surface area (Å²) >= 11 is 0. The van der Waals surface area contributed by atoms with Crippen molar-refractivity contribution in [3.8, 4) is 11.8 Å². The second kappa shape index (κ2) is 7.16. The molecule has 2 aromatic heterocycles. The van der Waals surface area contributed by atoms with Gasteiger partial charge in [0.05, 0.1) is 11.9 Å². The molecule has 2 heterocycles. The largest absolute Gasteiger partial charge is 0.396 e. The molecule has 0 aliphatic heterocycles. The second-order valence-corrected chi connectivity index (χ2v) is 5.57. The average molecular weight is 323 g/mol. The summed E-state index contributed by atoms with van der Waals surface area (Å²) < 4.78 is 13.1. The minimum atomic E-state index is -0.359. The van der Waals surface area contributed by atoms with E-state index < -0.39 is 0 Å². The first kappa shape index (κ1) is 16.0. The van der Waals surface area contributed by atoms with E-state index in [4.69, 9.17) is 5.11 Å². The molecule has 0 saturated carbocycles. The van der Waals surface area contributed by atoms with Crippen LogP contribution in [0.3, 0.4) is 0 Å². The predicted molar refractivity (Wildman–Crippen MR) is 93.4 cm³/mol. The highest BCUT2D eigenvalue weighted by Crippen LogP contribution is 2.15. The Balaban J connectivity index is 1.75. The van der Waals surface area contributed by atoms with Gasteiger partial charge in [0.15, 0.2) is 0 Å². The van der Waals surface area contributed by atoms with E-state index in [0.29, 0.717) is 16.7 Å². The van der Waals surface area contributed by atoms with Crippen molar-refractivity contribution < 1.29 is 9.50 Å². The third kappa shape index (κ3) is 3.73. The summed E-state index contributed by atoms with van der Waals surface area (Å²) in [6.45, 7) is 0.997. The van der Waals surface area contributed by atoms with Crippen LogP contribution in [0.1, 0.15) is 17.7 Å². The van der Waals surface area contributed by atoms with E-state index in [1.54, 1.807) is 6.07 Å². The molecular formula is C19H18FN3O. The van der Waals surface area contributed by atoms with Crippen LogP contribution in [-0.2, 0) is 0 Å². The van der Waals surface area contributed by atoms with Gasteiger partial charge in [0.2, 0.25) is 0 Å². The van der Waals surface area contributed by atoms with Crippen molar-refractivity contribution in [2.24, 2.45) is 0 Å². The van der Waals surface area contributed by atoms with Gasteiger partial charge in [0.25, 0.3) is 0 Å². The van der Waals surface area contributed by atoms with E-state index in [1.165, 1.54) is 12.3 Å². The van der Waals surface area contributed by atoms with E-state index in [-0.39, 0.29) is 12.4 Å². The topological polar surface area (TPSA) is 52.1 Å². The number of nitrogens with one attached hydrogen (secondary N) is 1. The molecule has 122 valence electrons. The molecule has 3 rings (SSSR count). The van der Waals surface area contributed by atoms with Crippen molar-refractivity contribution in [2.75, 3.05) is 25.1 Å². The molecule has 2 N–H and O–H groups in total. The maximum Gasteiger partial charge on any atom is 0.142 e. The SMILES string of the molecule is CN(CCCO)c1ccc(C#Cc2cc3cc(F)cnc3[nH]2)cc1. The van der Waals surface area contributed by atoms with Crippen LogP contribution in [0, 0.1) is 17.7 Å². The number of aromatic amines is 1. The van der Waals surface area contributed by atoms with Crippen molar-refractivity contribution in [1.82, 2.24) is 9.97 Å². The van der Waals surface area contributed by atoms with Crippen LogP contribution in [0.2, 0.25) is 0 Å². The first-order valence-corrected chi connectivity index (χ1v) is 7.74. The first-order chi connectivity index (χ1) is 11.7. The third-order valence-corrected chi connectivity index (χ3v) is 3.74. The predicted octanol–water partition coefficient (Wildman–Crippen LogP) is 2.92.